The Morgan fingerprint density at radius 2 is 1.71 bits per heavy atom. The maximum absolute atomic E-state index is 12.1. The van der Waals surface area contributed by atoms with Gasteiger partial charge in [0, 0.05) is 16.5 Å². The molecule has 2 aromatic rings. The van der Waals surface area contributed by atoms with E-state index in [0.29, 0.717) is 38.3 Å². The van der Waals surface area contributed by atoms with E-state index in [2.05, 4.69) is 10.1 Å². The van der Waals surface area contributed by atoms with E-state index in [1.54, 1.807) is 18.2 Å². The Labute approximate surface area is 154 Å². The molecular formula is C17H14Cl3NO3. The second kappa shape index (κ2) is 8.38. The molecule has 0 atom stereocenters. The number of anilines is 1. The van der Waals surface area contributed by atoms with Crippen molar-refractivity contribution in [3.63, 3.8) is 0 Å². The van der Waals surface area contributed by atoms with Gasteiger partial charge in [-0.15, -0.1) is 0 Å². The summed E-state index contributed by atoms with van der Waals surface area (Å²) in [5.74, 6) is -0.778. The van der Waals surface area contributed by atoms with Crippen molar-refractivity contribution in [2.75, 3.05) is 12.4 Å². The smallest absolute Gasteiger partial charge is 0.337 e. The van der Waals surface area contributed by atoms with E-state index in [-0.39, 0.29) is 12.3 Å². The number of nitrogens with one attached hydrogen (secondary N) is 1. The second-order valence-electron chi connectivity index (χ2n) is 4.93. The lowest BCUT2D eigenvalue weighted by molar-refractivity contribution is -0.116. The standard InChI is InChI=1S/C17H14Cl3NO3/c1-24-17(23)10-5-7-14(20)15(9-10)21-16(22)8-6-11-12(18)3-2-4-13(11)19/h2-5,7,9H,6,8H2,1H3,(H,21,22). The summed E-state index contributed by atoms with van der Waals surface area (Å²) in [6.07, 6.45) is 0.556. The zero-order valence-electron chi connectivity index (χ0n) is 12.7. The van der Waals surface area contributed by atoms with Crippen LogP contribution < -0.4 is 5.32 Å². The molecule has 0 aliphatic rings. The molecule has 0 aliphatic heterocycles. The number of hydrogen-bond acceptors (Lipinski definition) is 3. The van der Waals surface area contributed by atoms with Gasteiger partial charge >= 0.3 is 5.97 Å². The molecule has 4 nitrogen and oxygen atoms in total. The first-order chi connectivity index (χ1) is 11.4. The fourth-order valence-electron chi connectivity index (χ4n) is 2.09. The molecule has 126 valence electrons. The fourth-order valence-corrected chi connectivity index (χ4v) is 2.84. The van der Waals surface area contributed by atoms with Gasteiger partial charge in [-0.2, -0.15) is 0 Å². The van der Waals surface area contributed by atoms with Crippen LogP contribution in [0.2, 0.25) is 15.1 Å². The monoisotopic (exact) mass is 385 g/mol. The molecular weight excluding hydrogens is 373 g/mol. The zero-order chi connectivity index (χ0) is 17.7. The number of amides is 1. The molecule has 1 amide bonds. The number of carbonyl (C=O) groups is 2. The molecule has 0 saturated carbocycles. The van der Waals surface area contributed by atoms with E-state index < -0.39 is 5.97 Å². The van der Waals surface area contributed by atoms with E-state index in [1.165, 1.54) is 25.3 Å². The maximum atomic E-state index is 12.1. The van der Waals surface area contributed by atoms with E-state index in [1.807, 2.05) is 0 Å². The van der Waals surface area contributed by atoms with Gasteiger partial charge in [-0.1, -0.05) is 40.9 Å². The minimum atomic E-state index is -0.509. The van der Waals surface area contributed by atoms with Crippen LogP contribution in [0.4, 0.5) is 5.69 Å². The van der Waals surface area contributed by atoms with Crippen LogP contribution in [0.1, 0.15) is 22.3 Å². The van der Waals surface area contributed by atoms with Crippen molar-refractivity contribution in [2.24, 2.45) is 0 Å². The Morgan fingerprint density at radius 1 is 1.04 bits per heavy atom. The molecule has 7 heteroatoms. The third-order valence-corrected chi connectivity index (χ3v) is 4.36. The van der Waals surface area contributed by atoms with Crippen molar-refractivity contribution in [1.29, 1.82) is 0 Å². The molecule has 0 bridgehead atoms. The molecule has 1 N–H and O–H groups in total. The normalized spacial score (nSPS) is 10.3. The third-order valence-electron chi connectivity index (χ3n) is 3.33. The van der Waals surface area contributed by atoms with Gasteiger partial charge in [0.05, 0.1) is 23.4 Å². The predicted molar refractivity (Wildman–Crippen MR) is 96.2 cm³/mol. The van der Waals surface area contributed by atoms with Crippen LogP contribution in [0.3, 0.4) is 0 Å². The average molecular weight is 387 g/mol. The van der Waals surface area contributed by atoms with Crippen LogP contribution in [-0.2, 0) is 16.0 Å². The summed E-state index contributed by atoms with van der Waals surface area (Å²) in [4.78, 5) is 23.7. The van der Waals surface area contributed by atoms with Crippen molar-refractivity contribution in [2.45, 2.75) is 12.8 Å². The average Bonchev–Trinajstić information content (AvgIpc) is 2.55. The van der Waals surface area contributed by atoms with Gasteiger partial charge in [0.2, 0.25) is 5.91 Å². The highest BCUT2D eigenvalue weighted by molar-refractivity contribution is 6.36. The number of ether oxygens (including phenoxy) is 1. The Kier molecular flexibility index (Phi) is 6.49. The van der Waals surface area contributed by atoms with Gasteiger partial charge in [-0.05, 0) is 42.3 Å². The van der Waals surface area contributed by atoms with Crippen LogP contribution >= 0.6 is 34.8 Å². The van der Waals surface area contributed by atoms with Gasteiger partial charge < -0.3 is 10.1 Å². The Bertz CT molecular complexity index is 757. The summed E-state index contributed by atoms with van der Waals surface area (Å²) in [7, 11) is 1.28. The van der Waals surface area contributed by atoms with Gasteiger partial charge in [-0.25, -0.2) is 4.79 Å². The maximum Gasteiger partial charge on any atom is 0.337 e. The van der Waals surface area contributed by atoms with Crippen molar-refractivity contribution < 1.29 is 14.3 Å². The summed E-state index contributed by atoms with van der Waals surface area (Å²) >= 11 is 18.2. The van der Waals surface area contributed by atoms with Crippen LogP contribution in [0.5, 0.6) is 0 Å². The lowest BCUT2D eigenvalue weighted by Crippen LogP contribution is -2.13. The van der Waals surface area contributed by atoms with Crippen LogP contribution in [-0.4, -0.2) is 19.0 Å². The molecule has 0 aliphatic carbocycles. The lowest BCUT2D eigenvalue weighted by Gasteiger charge is -2.10. The Hall–Kier alpha value is -1.75. The number of halogens is 3. The summed E-state index contributed by atoms with van der Waals surface area (Å²) in [5.41, 5.74) is 1.35. The molecule has 0 radical (unpaired) electrons. The van der Waals surface area contributed by atoms with Crippen molar-refractivity contribution in [1.82, 2.24) is 0 Å². The van der Waals surface area contributed by atoms with Gasteiger partial charge in [0.25, 0.3) is 0 Å². The van der Waals surface area contributed by atoms with Crippen molar-refractivity contribution in [3.05, 3.63) is 62.6 Å². The quantitative estimate of drug-likeness (QED) is 0.735. The highest BCUT2D eigenvalue weighted by atomic mass is 35.5. The minimum Gasteiger partial charge on any atom is -0.465 e. The molecule has 0 spiro atoms. The Morgan fingerprint density at radius 3 is 2.33 bits per heavy atom. The summed E-state index contributed by atoms with van der Waals surface area (Å²) < 4.78 is 4.64. The van der Waals surface area contributed by atoms with E-state index in [0.717, 1.165) is 0 Å². The number of esters is 1. The summed E-state index contributed by atoms with van der Waals surface area (Å²) in [6.45, 7) is 0. The molecule has 0 fully saturated rings. The SMILES string of the molecule is COC(=O)c1ccc(Cl)c(NC(=O)CCc2c(Cl)cccc2Cl)c1. The van der Waals surface area contributed by atoms with Crippen molar-refractivity contribution in [3.8, 4) is 0 Å². The first kappa shape index (κ1) is 18.6. The number of benzene rings is 2. The van der Waals surface area contributed by atoms with Gasteiger partial charge in [-0.3, -0.25) is 4.79 Å². The first-order valence-electron chi connectivity index (χ1n) is 7.03. The number of rotatable bonds is 5. The van der Waals surface area contributed by atoms with Gasteiger partial charge in [0.1, 0.15) is 0 Å². The molecule has 2 rings (SSSR count). The van der Waals surface area contributed by atoms with Crippen LogP contribution in [0.15, 0.2) is 36.4 Å². The largest absolute Gasteiger partial charge is 0.465 e. The van der Waals surface area contributed by atoms with Crippen LogP contribution in [0, 0.1) is 0 Å². The minimum absolute atomic E-state index is 0.169. The highest BCUT2D eigenvalue weighted by Gasteiger charge is 2.13. The van der Waals surface area contributed by atoms with E-state index >= 15 is 0 Å². The summed E-state index contributed by atoms with van der Waals surface area (Å²) in [5, 5.41) is 4.03. The molecule has 0 saturated heterocycles. The predicted octanol–water partition coefficient (Wildman–Crippen LogP) is 5.00. The lowest BCUT2D eigenvalue weighted by atomic mass is 10.1. The molecule has 0 aromatic heterocycles. The van der Waals surface area contributed by atoms with Crippen molar-refractivity contribution >= 4 is 52.4 Å². The number of carbonyl (C=O) groups excluding carboxylic acids is 2. The number of methoxy groups -OCH3 is 1. The number of hydrogen-bond donors (Lipinski definition) is 1. The third kappa shape index (κ3) is 4.63. The molecule has 2 aromatic carbocycles. The fraction of sp³-hybridized carbons (Fsp3) is 0.176. The highest BCUT2D eigenvalue weighted by Crippen LogP contribution is 2.27. The first-order valence-corrected chi connectivity index (χ1v) is 8.16. The topological polar surface area (TPSA) is 55.4 Å². The second-order valence-corrected chi connectivity index (χ2v) is 6.16. The van der Waals surface area contributed by atoms with Crippen LogP contribution in [0.25, 0.3) is 0 Å². The zero-order valence-corrected chi connectivity index (χ0v) is 15.0. The molecule has 0 heterocycles. The van der Waals surface area contributed by atoms with E-state index in [9.17, 15) is 9.59 Å². The summed E-state index contributed by atoms with van der Waals surface area (Å²) in [6, 6.07) is 9.69. The molecule has 0 unspecified atom stereocenters. The van der Waals surface area contributed by atoms with Gasteiger partial charge in [0.15, 0.2) is 0 Å². The molecule has 24 heavy (non-hydrogen) atoms. The van der Waals surface area contributed by atoms with E-state index in [4.69, 9.17) is 34.8 Å². The Balaban J connectivity index is 2.06.